The molecule has 0 aromatic heterocycles. The SMILES string of the molecule is COC1(C(=O)NCC2COc3ccccc32)CC(N)C1. The van der Waals surface area contributed by atoms with Crippen LogP contribution in [0.25, 0.3) is 0 Å². The summed E-state index contributed by atoms with van der Waals surface area (Å²) in [4.78, 5) is 12.3. The zero-order chi connectivity index (χ0) is 14.2. The zero-order valence-electron chi connectivity index (χ0n) is 11.6. The first kappa shape index (κ1) is 13.4. The van der Waals surface area contributed by atoms with Crippen molar-refractivity contribution in [3.8, 4) is 5.75 Å². The number of ether oxygens (including phenoxy) is 2. The van der Waals surface area contributed by atoms with Crippen molar-refractivity contribution in [3.63, 3.8) is 0 Å². The van der Waals surface area contributed by atoms with E-state index in [4.69, 9.17) is 15.2 Å². The third-order valence-corrected chi connectivity index (χ3v) is 4.30. The van der Waals surface area contributed by atoms with Gasteiger partial charge in [0.1, 0.15) is 11.4 Å². The van der Waals surface area contributed by atoms with Gasteiger partial charge in [-0.3, -0.25) is 4.79 Å². The molecule has 0 bridgehead atoms. The fourth-order valence-corrected chi connectivity index (χ4v) is 3.01. The highest BCUT2D eigenvalue weighted by Crippen LogP contribution is 2.36. The maximum atomic E-state index is 12.3. The third kappa shape index (κ3) is 2.17. The first-order chi connectivity index (χ1) is 9.64. The van der Waals surface area contributed by atoms with Crippen LogP contribution in [0.3, 0.4) is 0 Å². The largest absolute Gasteiger partial charge is 0.493 e. The maximum absolute atomic E-state index is 12.3. The molecule has 1 heterocycles. The van der Waals surface area contributed by atoms with E-state index in [0.717, 1.165) is 11.3 Å². The number of para-hydroxylation sites is 1. The summed E-state index contributed by atoms with van der Waals surface area (Å²) in [7, 11) is 1.57. The Hall–Kier alpha value is -1.59. The minimum atomic E-state index is -0.724. The number of hydrogen-bond acceptors (Lipinski definition) is 4. The van der Waals surface area contributed by atoms with Crippen molar-refractivity contribution in [3.05, 3.63) is 29.8 Å². The van der Waals surface area contributed by atoms with Crippen LogP contribution in [0.15, 0.2) is 24.3 Å². The van der Waals surface area contributed by atoms with Gasteiger partial charge in [0.2, 0.25) is 0 Å². The second-order valence-electron chi connectivity index (χ2n) is 5.62. The molecule has 1 saturated carbocycles. The van der Waals surface area contributed by atoms with E-state index in [0.29, 0.717) is 26.0 Å². The van der Waals surface area contributed by atoms with Crippen LogP contribution < -0.4 is 15.8 Å². The number of hydrogen-bond donors (Lipinski definition) is 2. The predicted octanol–water partition coefficient (Wildman–Crippen LogP) is 0.785. The van der Waals surface area contributed by atoms with E-state index in [1.54, 1.807) is 7.11 Å². The van der Waals surface area contributed by atoms with Gasteiger partial charge in [0.15, 0.2) is 0 Å². The summed E-state index contributed by atoms with van der Waals surface area (Å²) < 4.78 is 11.0. The molecule has 2 aliphatic rings. The first-order valence-electron chi connectivity index (χ1n) is 6.95. The molecular formula is C15H20N2O3. The van der Waals surface area contributed by atoms with Gasteiger partial charge in [-0.1, -0.05) is 18.2 Å². The molecule has 1 unspecified atom stereocenters. The van der Waals surface area contributed by atoms with Crippen molar-refractivity contribution < 1.29 is 14.3 Å². The molecule has 1 aromatic rings. The molecule has 5 heteroatoms. The van der Waals surface area contributed by atoms with Crippen molar-refractivity contribution in [2.24, 2.45) is 5.73 Å². The summed E-state index contributed by atoms with van der Waals surface area (Å²) in [5, 5.41) is 2.98. The van der Waals surface area contributed by atoms with Gasteiger partial charge in [0.05, 0.1) is 6.61 Å². The van der Waals surface area contributed by atoms with E-state index in [1.807, 2.05) is 24.3 Å². The van der Waals surface area contributed by atoms with Gasteiger partial charge in [-0.05, 0) is 6.07 Å². The number of methoxy groups -OCH3 is 1. The van der Waals surface area contributed by atoms with Crippen LogP contribution in [0.1, 0.15) is 24.3 Å². The maximum Gasteiger partial charge on any atom is 0.252 e. The molecule has 1 aliphatic heterocycles. The number of rotatable bonds is 4. The highest BCUT2D eigenvalue weighted by Gasteiger charge is 2.49. The Morgan fingerprint density at radius 1 is 1.50 bits per heavy atom. The van der Waals surface area contributed by atoms with Gasteiger partial charge in [0.25, 0.3) is 5.91 Å². The molecule has 1 fully saturated rings. The Kier molecular flexibility index (Phi) is 3.40. The van der Waals surface area contributed by atoms with Crippen LogP contribution in [0.2, 0.25) is 0 Å². The van der Waals surface area contributed by atoms with Crippen LogP contribution in [0, 0.1) is 0 Å². The summed E-state index contributed by atoms with van der Waals surface area (Å²) in [5.74, 6) is 1.06. The monoisotopic (exact) mass is 276 g/mol. The van der Waals surface area contributed by atoms with Crippen molar-refractivity contribution in [2.75, 3.05) is 20.3 Å². The third-order valence-electron chi connectivity index (χ3n) is 4.30. The number of nitrogens with two attached hydrogens (primary N) is 1. The molecular weight excluding hydrogens is 256 g/mol. The van der Waals surface area contributed by atoms with Crippen LogP contribution in [-0.4, -0.2) is 37.8 Å². The van der Waals surface area contributed by atoms with Gasteiger partial charge >= 0.3 is 0 Å². The average Bonchev–Trinajstić information content (AvgIpc) is 2.84. The van der Waals surface area contributed by atoms with Gasteiger partial charge < -0.3 is 20.5 Å². The van der Waals surface area contributed by atoms with Crippen molar-refractivity contribution >= 4 is 5.91 Å². The highest BCUT2D eigenvalue weighted by atomic mass is 16.5. The lowest BCUT2D eigenvalue weighted by Gasteiger charge is -2.43. The van der Waals surface area contributed by atoms with Crippen LogP contribution in [0.4, 0.5) is 0 Å². The Morgan fingerprint density at radius 3 is 2.95 bits per heavy atom. The molecule has 5 nitrogen and oxygen atoms in total. The predicted molar refractivity (Wildman–Crippen MR) is 74.6 cm³/mol. The van der Waals surface area contributed by atoms with E-state index in [2.05, 4.69) is 5.32 Å². The Bertz CT molecular complexity index is 512. The molecule has 1 aromatic carbocycles. The van der Waals surface area contributed by atoms with Crippen molar-refractivity contribution in [1.82, 2.24) is 5.32 Å². The summed E-state index contributed by atoms with van der Waals surface area (Å²) in [5.41, 5.74) is 6.20. The standard InChI is InChI=1S/C15H20N2O3/c1-19-15(6-11(16)7-15)14(18)17-8-10-9-20-13-5-3-2-4-12(10)13/h2-5,10-11H,6-9,16H2,1H3,(H,17,18). The fourth-order valence-electron chi connectivity index (χ4n) is 3.01. The molecule has 20 heavy (non-hydrogen) atoms. The van der Waals surface area contributed by atoms with E-state index in [1.165, 1.54) is 0 Å². The topological polar surface area (TPSA) is 73.6 Å². The second-order valence-corrected chi connectivity index (χ2v) is 5.62. The molecule has 1 amide bonds. The molecule has 1 aliphatic carbocycles. The summed E-state index contributed by atoms with van der Waals surface area (Å²) in [6.45, 7) is 1.18. The molecule has 1 atom stereocenters. The summed E-state index contributed by atoms with van der Waals surface area (Å²) >= 11 is 0. The van der Waals surface area contributed by atoms with Crippen LogP contribution in [0.5, 0.6) is 5.75 Å². The second kappa shape index (κ2) is 5.07. The summed E-state index contributed by atoms with van der Waals surface area (Å²) in [6.07, 6.45) is 1.18. The number of carbonyl (C=O) groups is 1. The highest BCUT2D eigenvalue weighted by molar-refractivity contribution is 5.86. The first-order valence-corrected chi connectivity index (χ1v) is 6.95. The van der Waals surface area contributed by atoms with Gasteiger partial charge in [-0.25, -0.2) is 0 Å². The molecule has 0 spiro atoms. The Balaban J connectivity index is 1.59. The fraction of sp³-hybridized carbons (Fsp3) is 0.533. The van der Waals surface area contributed by atoms with Crippen LogP contribution >= 0.6 is 0 Å². The zero-order valence-corrected chi connectivity index (χ0v) is 11.6. The van der Waals surface area contributed by atoms with E-state index in [-0.39, 0.29) is 17.9 Å². The molecule has 0 radical (unpaired) electrons. The van der Waals surface area contributed by atoms with E-state index >= 15 is 0 Å². The van der Waals surface area contributed by atoms with Crippen molar-refractivity contribution in [1.29, 1.82) is 0 Å². The molecule has 3 rings (SSSR count). The van der Waals surface area contributed by atoms with Gasteiger partial charge in [0, 0.05) is 44.0 Å². The lowest BCUT2D eigenvalue weighted by Crippen LogP contribution is -2.61. The molecule has 3 N–H and O–H groups in total. The minimum absolute atomic E-state index is 0.0638. The van der Waals surface area contributed by atoms with E-state index in [9.17, 15) is 4.79 Å². The normalized spacial score (nSPS) is 31.1. The lowest BCUT2D eigenvalue weighted by atomic mass is 9.75. The summed E-state index contributed by atoms with van der Waals surface area (Å²) in [6, 6.07) is 8.01. The van der Waals surface area contributed by atoms with Crippen LogP contribution in [-0.2, 0) is 9.53 Å². The van der Waals surface area contributed by atoms with Gasteiger partial charge in [-0.15, -0.1) is 0 Å². The minimum Gasteiger partial charge on any atom is -0.493 e. The number of nitrogens with one attached hydrogen (secondary N) is 1. The van der Waals surface area contributed by atoms with Gasteiger partial charge in [-0.2, -0.15) is 0 Å². The quantitative estimate of drug-likeness (QED) is 0.852. The van der Waals surface area contributed by atoms with Crippen molar-refractivity contribution in [2.45, 2.75) is 30.4 Å². The Labute approximate surface area is 118 Å². The number of fused-ring (bicyclic) bond motifs is 1. The average molecular weight is 276 g/mol. The number of amides is 1. The molecule has 108 valence electrons. The number of benzene rings is 1. The van der Waals surface area contributed by atoms with E-state index < -0.39 is 5.60 Å². The molecule has 0 saturated heterocycles. The smallest absolute Gasteiger partial charge is 0.252 e. The Morgan fingerprint density at radius 2 is 2.25 bits per heavy atom. The number of carbonyl (C=O) groups excluding carboxylic acids is 1. The lowest BCUT2D eigenvalue weighted by molar-refractivity contribution is -0.156.